The lowest BCUT2D eigenvalue weighted by Gasteiger charge is -2.09. The van der Waals surface area contributed by atoms with Gasteiger partial charge in [0.15, 0.2) is 0 Å². The van der Waals surface area contributed by atoms with Crippen LogP contribution in [-0.4, -0.2) is 24.1 Å². The Bertz CT molecular complexity index is 690. The van der Waals surface area contributed by atoms with E-state index < -0.39 is 5.97 Å². The second kappa shape index (κ2) is 6.80. The molecule has 0 radical (unpaired) electrons. The van der Waals surface area contributed by atoms with Gasteiger partial charge in [-0.05, 0) is 24.6 Å². The van der Waals surface area contributed by atoms with E-state index in [1.165, 1.54) is 31.6 Å². The number of furan rings is 1. The normalized spacial score (nSPS) is 10.3. The number of carbonyl (C=O) groups is 2. The zero-order valence-corrected chi connectivity index (χ0v) is 12.4. The van der Waals surface area contributed by atoms with Crippen molar-refractivity contribution in [2.75, 3.05) is 12.4 Å². The average molecular weight is 303 g/mol. The number of ether oxygens (including phenoxy) is 1. The van der Waals surface area contributed by atoms with E-state index in [1.54, 1.807) is 6.07 Å². The fraction of sp³-hybridized carbons (Fsp3) is 0.250. The molecule has 1 aromatic heterocycles. The van der Waals surface area contributed by atoms with Gasteiger partial charge in [-0.1, -0.05) is 6.92 Å². The molecular formula is C16H17NO5. The third kappa shape index (κ3) is 3.28. The number of carboxylic acids is 1. The second-order valence-corrected chi connectivity index (χ2v) is 4.68. The van der Waals surface area contributed by atoms with Gasteiger partial charge >= 0.3 is 5.97 Å². The topological polar surface area (TPSA) is 88.8 Å². The monoisotopic (exact) mass is 303 g/mol. The van der Waals surface area contributed by atoms with Crippen LogP contribution in [-0.2, 0) is 6.42 Å². The van der Waals surface area contributed by atoms with Gasteiger partial charge < -0.3 is 19.6 Å². The van der Waals surface area contributed by atoms with Gasteiger partial charge in [-0.2, -0.15) is 0 Å². The lowest BCUT2D eigenvalue weighted by molar-refractivity contribution is 0.0693. The highest BCUT2D eigenvalue weighted by Gasteiger charge is 2.16. The molecule has 6 heteroatoms. The van der Waals surface area contributed by atoms with Crippen molar-refractivity contribution in [3.63, 3.8) is 0 Å². The molecule has 0 fully saturated rings. The fourth-order valence-electron chi connectivity index (χ4n) is 2.11. The van der Waals surface area contributed by atoms with Crippen LogP contribution < -0.4 is 10.1 Å². The zero-order chi connectivity index (χ0) is 16.1. The Balaban J connectivity index is 2.21. The summed E-state index contributed by atoms with van der Waals surface area (Å²) in [5.41, 5.74) is 0.967. The van der Waals surface area contributed by atoms with Crippen LogP contribution in [0.25, 0.3) is 0 Å². The van der Waals surface area contributed by atoms with Crippen LogP contribution in [0, 0.1) is 0 Å². The average Bonchev–Trinajstić information content (AvgIpc) is 2.95. The van der Waals surface area contributed by atoms with Crippen LogP contribution in [0.4, 0.5) is 5.69 Å². The molecule has 0 saturated heterocycles. The third-order valence-electron chi connectivity index (χ3n) is 3.16. The molecule has 0 aliphatic heterocycles. The predicted molar refractivity (Wildman–Crippen MR) is 80.6 cm³/mol. The predicted octanol–water partition coefficient (Wildman–Crippen LogP) is 3.19. The first kappa shape index (κ1) is 15.6. The molecule has 22 heavy (non-hydrogen) atoms. The first-order chi connectivity index (χ1) is 10.6. The number of hydrogen-bond donors (Lipinski definition) is 2. The van der Waals surface area contributed by atoms with Crippen LogP contribution in [0.1, 0.15) is 39.8 Å². The van der Waals surface area contributed by atoms with Crippen LogP contribution in [0.15, 0.2) is 34.9 Å². The van der Waals surface area contributed by atoms with Gasteiger partial charge in [0.1, 0.15) is 17.1 Å². The smallest absolute Gasteiger partial charge is 0.339 e. The Morgan fingerprint density at radius 3 is 2.68 bits per heavy atom. The second-order valence-electron chi connectivity index (χ2n) is 4.68. The van der Waals surface area contributed by atoms with Crippen molar-refractivity contribution in [1.82, 2.24) is 0 Å². The highest BCUT2D eigenvalue weighted by atomic mass is 16.5. The number of anilines is 1. The Morgan fingerprint density at radius 1 is 1.27 bits per heavy atom. The summed E-state index contributed by atoms with van der Waals surface area (Å²) < 4.78 is 10.3. The number of nitrogens with one attached hydrogen (secondary N) is 1. The summed E-state index contributed by atoms with van der Waals surface area (Å²) >= 11 is 0. The van der Waals surface area contributed by atoms with Crippen LogP contribution in [0.3, 0.4) is 0 Å². The Morgan fingerprint density at radius 2 is 2.05 bits per heavy atom. The molecule has 6 nitrogen and oxygen atoms in total. The number of benzene rings is 1. The van der Waals surface area contributed by atoms with Crippen LogP contribution >= 0.6 is 0 Å². The summed E-state index contributed by atoms with van der Waals surface area (Å²) in [6, 6.07) is 5.99. The quantitative estimate of drug-likeness (QED) is 0.855. The molecule has 116 valence electrons. The van der Waals surface area contributed by atoms with E-state index in [-0.39, 0.29) is 17.2 Å². The number of methoxy groups -OCH3 is 1. The van der Waals surface area contributed by atoms with Gasteiger partial charge in [0.25, 0.3) is 5.91 Å². The van der Waals surface area contributed by atoms with Gasteiger partial charge in [0.2, 0.25) is 0 Å². The summed E-state index contributed by atoms with van der Waals surface area (Å²) in [7, 11) is 1.38. The molecule has 0 spiro atoms. The third-order valence-corrected chi connectivity index (χ3v) is 3.16. The SMILES string of the molecule is CCCc1occc1C(=O)Nc1ccc(C(=O)O)c(OC)c1. The summed E-state index contributed by atoms with van der Waals surface area (Å²) in [6.07, 6.45) is 3.03. The summed E-state index contributed by atoms with van der Waals surface area (Å²) in [4.78, 5) is 23.3. The molecule has 0 aliphatic carbocycles. The molecule has 0 atom stereocenters. The molecule has 2 aromatic rings. The van der Waals surface area contributed by atoms with Crippen molar-refractivity contribution >= 4 is 17.6 Å². The van der Waals surface area contributed by atoms with Crippen molar-refractivity contribution in [2.24, 2.45) is 0 Å². The van der Waals surface area contributed by atoms with Gasteiger partial charge in [0.05, 0.1) is 18.9 Å². The minimum Gasteiger partial charge on any atom is -0.496 e. The van der Waals surface area contributed by atoms with Gasteiger partial charge in [-0.25, -0.2) is 4.79 Å². The maximum atomic E-state index is 12.3. The first-order valence-corrected chi connectivity index (χ1v) is 6.85. The molecule has 1 heterocycles. The van der Waals surface area contributed by atoms with E-state index in [0.29, 0.717) is 23.4 Å². The van der Waals surface area contributed by atoms with E-state index >= 15 is 0 Å². The van der Waals surface area contributed by atoms with Crippen LogP contribution in [0.2, 0.25) is 0 Å². The van der Waals surface area contributed by atoms with Gasteiger partial charge in [-0.15, -0.1) is 0 Å². The summed E-state index contributed by atoms with van der Waals surface area (Å²) in [5.74, 6) is -0.572. The Hall–Kier alpha value is -2.76. The number of aromatic carboxylic acids is 1. The molecule has 0 bridgehead atoms. The molecule has 1 aromatic carbocycles. The standard InChI is InChI=1S/C16H17NO5/c1-3-4-13-11(7-8-22-13)15(18)17-10-5-6-12(16(19)20)14(9-10)21-2/h5-9H,3-4H2,1-2H3,(H,17,18)(H,19,20). The van der Waals surface area contributed by atoms with Crippen molar-refractivity contribution in [3.8, 4) is 5.75 Å². The highest BCUT2D eigenvalue weighted by molar-refractivity contribution is 6.05. The largest absolute Gasteiger partial charge is 0.496 e. The molecular weight excluding hydrogens is 286 g/mol. The molecule has 2 N–H and O–H groups in total. The Kier molecular flexibility index (Phi) is 4.83. The number of rotatable bonds is 6. The summed E-state index contributed by atoms with van der Waals surface area (Å²) in [5, 5.41) is 11.7. The number of carbonyl (C=O) groups excluding carboxylic acids is 1. The van der Waals surface area contributed by atoms with Crippen molar-refractivity contribution in [2.45, 2.75) is 19.8 Å². The van der Waals surface area contributed by atoms with E-state index in [4.69, 9.17) is 14.3 Å². The molecule has 0 aliphatic rings. The maximum Gasteiger partial charge on any atom is 0.339 e. The fourth-order valence-corrected chi connectivity index (χ4v) is 2.11. The zero-order valence-electron chi connectivity index (χ0n) is 12.4. The minimum absolute atomic E-state index is 0.0375. The maximum absolute atomic E-state index is 12.3. The van der Waals surface area contributed by atoms with E-state index in [2.05, 4.69) is 5.32 Å². The first-order valence-electron chi connectivity index (χ1n) is 6.85. The van der Waals surface area contributed by atoms with E-state index in [9.17, 15) is 9.59 Å². The van der Waals surface area contributed by atoms with Crippen LogP contribution in [0.5, 0.6) is 5.75 Å². The molecule has 2 rings (SSSR count). The minimum atomic E-state index is -1.09. The van der Waals surface area contributed by atoms with Crippen molar-refractivity contribution in [3.05, 3.63) is 47.4 Å². The highest BCUT2D eigenvalue weighted by Crippen LogP contribution is 2.24. The van der Waals surface area contributed by atoms with Gasteiger partial charge in [0, 0.05) is 18.2 Å². The number of amides is 1. The van der Waals surface area contributed by atoms with Crippen molar-refractivity contribution in [1.29, 1.82) is 0 Å². The lowest BCUT2D eigenvalue weighted by atomic mass is 10.1. The van der Waals surface area contributed by atoms with Crippen molar-refractivity contribution < 1.29 is 23.8 Å². The molecule has 1 amide bonds. The number of carboxylic acid groups (broad SMARTS) is 1. The Labute approximate surface area is 127 Å². The number of aryl methyl sites for hydroxylation is 1. The molecule has 0 unspecified atom stereocenters. The summed E-state index contributed by atoms with van der Waals surface area (Å²) in [6.45, 7) is 2.00. The van der Waals surface area contributed by atoms with Gasteiger partial charge in [-0.3, -0.25) is 4.79 Å². The number of hydrogen-bond acceptors (Lipinski definition) is 4. The molecule has 0 saturated carbocycles. The lowest BCUT2D eigenvalue weighted by Crippen LogP contribution is -2.13. The van der Waals surface area contributed by atoms with E-state index in [0.717, 1.165) is 6.42 Å². The van der Waals surface area contributed by atoms with E-state index in [1.807, 2.05) is 6.92 Å².